The van der Waals surface area contributed by atoms with Gasteiger partial charge in [0, 0.05) is 0 Å². The topological polar surface area (TPSA) is 92.7 Å². The number of hydrogen-bond acceptors (Lipinski definition) is 6. The Morgan fingerprint density at radius 1 is 1.32 bits per heavy atom. The fourth-order valence-electron chi connectivity index (χ4n) is 0.774. The van der Waals surface area contributed by atoms with Gasteiger partial charge in [-0.05, 0) is 20.8 Å². The van der Waals surface area contributed by atoms with Crippen LogP contribution in [0.25, 0.3) is 0 Å². The Morgan fingerprint density at radius 3 is 2.16 bits per heavy atom. The van der Waals surface area contributed by atoms with E-state index in [1.807, 2.05) is 0 Å². The van der Waals surface area contributed by atoms with Crippen LogP contribution < -0.4 is 0 Å². The monoisotopic (exact) mass is 301 g/mol. The molecule has 0 atom stereocenters. The van der Waals surface area contributed by atoms with E-state index < -0.39 is 40.2 Å². The lowest BCUT2D eigenvalue weighted by molar-refractivity contribution is -0.150. The molecule has 6 nitrogen and oxygen atoms in total. The van der Waals surface area contributed by atoms with Crippen LogP contribution >= 0.6 is 0 Å². The summed E-state index contributed by atoms with van der Waals surface area (Å²) in [7, 11) is -5.80. The van der Waals surface area contributed by atoms with Gasteiger partial charge in [-0.25, -0.2) is 13.2 Å². The molecule has 0 aliphatic carbocycles. The number of carbonyl (C=O) groups is 1. The number of carbonyl (C=O) groups excluding carboxylic acids is 1. The summed E-state index contributed by atoms with van der Waals surface area (Å²) in [5, 5.41) is -4.55. The van der Waals surface area contributed by atoms with Crippen molar-refractivity contribution in [1.82, 2.24) is 0 Å². The highest BCUT2D eigenvalue weighted by molar-refractivity contribution is 7.86. The van der Waals surface area contributed by atoms with Gasteiger partial charge in [0.2, 0.25) is 0 Å². The number of rotatable bonds is 6. The van der Waals surface area contributed by atoms with Crippen molar-refractivity contribution in [2.45, 2.75) is 31.6 Å². The molecular weight excluding hydrogens is 286 g/mol. The molecule has 0 unspecified atom stereocenters. The normalized spacial score (nSPS) is 13.2. The molecule has 0 bridgehead atoms. The molecule has 0 heterocycles. The van der Waals surface area contributed by atoms with Crippen LogP contribution in [0.15, 0.2) is 12.2 Å². The van der Waals surface area contributed by atoms with Crippen molar-refractivity contribution in [2.24, 2.45) is 0 Å². The lowest BCUT2D eigenvalue weighted by Gasteiger charge is -2.21. The molecule has 0 aromatic carbocycles. The van der Waals surface area contributed by atoms with Crippen molar-refractivity contribution < 1.29 is 36.0 Å². The highest BCUT2D eigenvalue weighted by Gasteiger charge is 2.38. The molecule has 0 spiro atoms. The first-order valence-corrected chi connectivity index (χ1v) is 6.49. The van der Waals surface area contributed by atoms with Gasteiger partial charge in [-0.15, -0.1) is 0 Å². The van der Waals surface area contributed by atoms with Crippen LogP contribution in [-0.2, 0) is 24.4 Å². The van der Waals surface area contributed by atoms with Crippen molar-refractivity contribution in [3.63, 3.8) is 0 Å². The van der Waals surface area contributed by atoms with Crippen LogP contribution in [0.5, 0.6) is 0 Å². The summed E-state index contributed by atoms with van der Waals surface area (Å²) in [5.41, 5.74) is -1.06. The number of alkyl halides is 2. The Hall–Kier alpha value is -1.06. The Balaban J connectivity index is 4.31. The first kappa shape index (κ1) is 17.9. The van der Waals surface area contributed by atoms with Gasteiger partial charge in [-0.2, -0.15) is 8.78 Å². The predicted molar refractivity (Wildman–Crippen MR) is 60.4 cm³/mol. The second-order valence-corrected chi connectivity index (χ2v) is 6.20. The molecule has 112 valence electrons. The van der Waals surface area contributed by atoms with Gasteiger partial charge in [0.1, 0.15) is 12.2 Å². The third-order valence-corrected chi connectivity index (χ3v) is 2.45. The first-order valence-electron chi connectivity index (χ1n) is 5.08. The second-order valence-electron chi connectivity index (χ2n) is 4.69. The van der Waals surface area contributed by atoms with Crippen molar-refractivity contribution in [3.8, 4) is 0 Å². The van der Waals surface area contributed by atoms with E-state index in [1.165, 1.54) is 0 Å². The maximum Gasteiger partial charge on any atom is 0.357 e. The van der Waals surface area contributed by atoms with E-state index in [0.717, 1.165) is 0 Å². The van der Waals surface area contributed by atoms with Gasteiger partial charge in [-0.3, -0.25) is 0 Å². The summed E-state index contributed by atoms with van der Waals surface area (Å²) < 4.78 is 65.0. The summed E-state index contributed by atoms with van der Waals surface area (Å²) in [5.74, 6) is -0.860. The van der Waals surface area contributed by atoms with Crippen LogP contribution in [0.2, 0.25) is 0 Å². The lowest BCUT2D eigenvalue weighted by Crippen LogP contribution is -2.34. The SMILES string of the molecule is C=C(COCC(F)(F)S(=O)(=O)[O-])C(=O)OC(C)(C)C. The average molecular weight is 301 g/mol. The highest BCUT2D eigenvalue weighted by atomic mass is 32.2. The van der Waals surface area contributed by atoms with Crippen molar-refractivity contribution in [1.29, 1.82) is 0 Å². The zero-order valence-corrected chi connectivity index (χ0v) is 11.6. The van der Waals surface area contributed by atoms with E-state index in [1.54, 1.807) is 20.8 Å². The van der Waals surface area contributed by atoms with E-state index in [4.69, 9.17) is 4.74 Å². The minimum absolute atomic E-state index is 0.269. The van der Waals surface area contributed by atoms with Crippen LogP contribution in [0.3, 0.4) is 0 Å². The van der Waals surface area contributed by atoms with E-state index in [2.05, 4.69) is 11.3 Å². The standard InChI is InChI=1S/C10H16F2O6S/c1-7(8(13)18-9(2,3)4)5-17-6-10(11,12)19(14,15)16/h1,5-6H2,2-4H3,(H,14,15,16)/p-1. The molecule has 0 N–H and O–H groups in total. The van der Waals surface area contributed by atoms with Gasteiger partial charge in [-0.1, -0.05) is 6.58 Å². The highest BCUT2D eigenvalue weighted by Crippen LogP contribution is 2.20. The molecule has 0 aromatic rings. The van der Waals surface area contributed by atoms with E-state index in [0.29, 0.717) is 0 Å². The van der Waals surface area contributed by atoms with Gasteiger partial charge in [0.05, 0.1) is 12.2 Å². The number of ether oxygens (including phenoxy) is 2. The molecule has 0 fully saturated rings. The molecule has 0 aliphatic rings. The molecule has 0 aromatic heterocycles. The summed E-state index contributed by atoms with van der Waals surface area (Å²) in [6, 6.07) is 0. The van der Waals surface area contributed by atoms with E-state index in [-0.39, 0.29) is 5.57 Å². The van der Waals surface area contributed by atoms with Crippen LogP contribution in [-0.4, -0.2) is 43.0 Å². The molecule has 0 saturated heterocycles. The molecular formula is C10H15F2O6S-. The quantitative estimate of drug-likeness (QED) is 0.413. The fraction of sp³-hybridized carbons (Fsp3) is 0.700. The summed E-state index contributed by atoms with van der Waals surface area (Å²) in [6.45, 7) is 5.71. The van der Waals surface area contributed by atoms with Gasteiger partial charge < -0.3 is 14.0 Å². The minimum Gasteiger partial charge on any atom is -0.743 e. The number of esters is 1. The molecule has 0 amide bonds. The fourth-order valence-corrected chi connectivity index (χ4v) is 1.00. The molecule has 9 heteroatoms. The van der Waals surface area contributed by atoms with E-state index >= 15 is 0 Å². The van der Waals surface area contributed by atoms with E-state index in [9.17, 15) is 26.5 Å². The Morgan fingerprint density at radius 2 is 1.79 bits per heavy atom. The van der Waals surface area contributed by atoms with Gasteiger partial charge in [0.15, 0.2) is 10.1 Å². The summed E-state index contributed by atoms with van der Waals surface area (Å²) >= 11 is 0. The van der Waals surface area contributed by atoms with Crippen LogP contribution in [0.4, 0.5) is 8.78 Å². The summed E-state index contributed by atoms with van der Waals surface area (Å²) in [6.07, 6.45) is 0. The number of hydrogen-bond donors (Lipinski definition) is 0. The van der Waals surface area contributed by atoms with Crippen LogP contribution in [0.1, 0.15) is 20.8 Å². The molecule has 0 saturated carbocycles. The Labute approximate surface area is 110 Å². The minimum atomic E-state index is -5.80. The maximum atomic E-state index is 12.7. The third-order valence-electron chi connectivity index (χ3n) is 1.60. The zero-order chi connectivity index (χ0) is 15.5. The van der Waals surface area contributed by atoms with Crippen molar-refractivity contribution in [2.75, 3.05) is 13.2 Å². The van der Waals surface area contributed by atoms with Crippen LogP contribution in [0, 0.1) is 0 Å². The smallest absolute Gasteiger partial charge is 0.357 e. The largest absolute Gasteiger partial charge is 0.743 e. The summed E-state index contributed by atoms with van der Waals surface area (Å²) in [4.78, 5) is 11.3. The molecule has 0 aliphatic heterocycles. The third kappa shape index (κ3) is 6.60. The Kier molecular flexibility index (Phi) is 5.60. The maximum absolute atomic E-state index is 12.7. The van der Waals surface area contributed by atoms with Crippen molar-refractivity contribution >= 4 is 16.1 Å². The predicted octanol–water partition coefficient (Wildman–Crippen LogP) is 1.04. The number of halogens is 2. The molecule has 0 rings (SSSR count). The first-order chi connectivity index (χ1) is 8.26. The average Bonchev–Trinajstić information content (AvgIpc) is 2.12. The van der Waals surface area contributed by atoms with Crippen molar-refractivity contribution in [3.05, 3.63) is 12.2 Å². The lowest BCUT2D eigenvalue weighted by atomic mass is 10.2. The zero-order valence-electron chi connectivity index (χ0n) is 10.7. The molecule has 19 heavy (non-hydrogen) atoms. The Bertz CT molecular complexity index is 449. The second kappa shape index (κ2) is 5.93. The molecule has 0 radical (unpaired) electrons. The van der Waals surface area contributed by atoms with Gasteiger partial charge >= 0.3 is 11.2 Å². The van der Waals surface area contributed by atoms with Gasteiger partial charge in [0.25, 0.3) is 0 Å².